The zero-order valence-corrected chi connectivity index (χ0v) is 11.9. The Morgan fingerprint density at radius 3 is 2.48 bits per heavy atom. The molecular weight excluding hydrogens is 268 g/mol. The Kier molecular flexibility index (Phi) is 4.59. The van der Waals surface area contributed by atoms with Gasteiger partial charge in [-0.1, -0.05) is 19.1 Å². The minimum Gasteiger partial charge on any atom is -0.481 e. The van der Waals surface area contributed by atoms with E-state index in [1.54, 1.807) is 24.3 Å². The fourth-order valence-electron chi connectivity index (χ4n) is 2.87. The summed E-state index contributed by atoms with van der Waals surface area (Å²) in [5.41, 5.74) is 1.46. The summed E-state index contributed by atoms with van der Waals surface area (Å²) >= 11 is 0. The first-order chi connectivity index (χ1) is 10.0. The summed E-state index contributed by atoms with van der Waals surface area (Å²) in [5, 5.41) is 20.7. The normalized spacial score (nSPS) is 24.3. The second kappa shape index (κ2) is 6.40. The molecule has 2 rings (SSSR count). The Morgan fingerprint density at radius 2 is 1.90 bits per heavy atom. The summed E-state index contributed by atoms with van der Waals surface area (Å²) in [5.74, 6) is -1.86. The highest BCUT2D eigenvalue weighted by molar-refractivity contribution is 5.85. The van der Waals surface area contributed by atoms with Crippen LogP contribution in [0.15, 0.2) is 24.3 Å². The van der Waals surface area contributed by atoms with Crippen molar-refractivity contribution in [3.63, 3.8) is 0 Å². The van der Waals surface area contributed by atoms with Crippen LogP contribution in [0.1, 0.15) is 30.9 Å². The smallest absolute Gasteiger partial charge is 0.307 e. The van der Waals surface area contributed by atoms with Crippen molar-refractivity contribution in [1.29, 1.82) is 5.26 Å². The van der Waals surface area contributed by atoms with Crippen LogP contribution in [0, 0.1) is 29.1 Å². The molecule has 0 aromatic heterocycles. The number of nitrogens with one attached hydrogen (secondary N) is 1. The van der Waals surface area contributed by atoms with Crippen molar-refractivity contribution < 1.29 is 14.7 Å². The van der Waals surface area contributed by atoms with Gasteiger partial charge in [0.05, 0.1) is 23.5 Å². The summed E-state index contributed by atoms with van der Waals surface area (Å²) in [7, 11) is 0. The molecule has 110 valence electrons. The van der Waals surface area contributed by atoms with Crippen molar-refractivity contribution in [3.05, 3.63) is 35.4 Å². The quantitative estimate of drug-likeness (QED) is 0.884. The number of rotatable bonds is 4. The number of benzene rings is 1. The summed E-state index contributed by atoms with van der Waals surface area (Å²) in [6.07, 6.45) is 1.18. The highest BCUT2D eigenvalue weighted by atomic mass is 16.4. The Hall–Kier alpha value is -2.35. The van der Waals surface area contributed by atoms with Gasteiger partial charge in [0.25, 0.3) is 0 Å². The van der Waals surface area contributed by atoms with Gasteiger partial charge in [0.2, 0.25) is 5.91 Å². The van der Waals surface area contributed by atoms with Crippen LogP contribution in [0.25, 0.3) is 0 Å². The van der Waals surface area contributed by atoms with Gasteiger partial charge in [-0.3, -0.25) is 9.59 Å². The summed E-state index contributed by atoms with van der Waals surface area (Å²) in [4.78, 5) is 23.4. The van der Waals surface area contributed by atoms with Gasteiger partial charge in [0.1, 0.15) is 0 Å². The minimum atomic E-state index is -0.891. The Labute approximate surface area is 123 Å². The molecule has 0 radical (unpaired) electrons. The molecule has 21 heavy (non-hydrogen) atoms. The molecule has 1 aliphatic rings. The lowest BCUT2D eigenvalue weighted by Gasteiger charge is -2.15. The van der Waals surface area contributed by atoms with E-state index in [2.05, 4.69) is 5.32 Å². The van der Waals surface area contributed by atoms with Gasteiger partial charge < -0.3 is 10.4 Å². The summed E-state index contributed by atoms with van der Waals surface area (Å²) in [6.45, 7) is 2.32. The third kappa shape index (κ3) is 3.60. The van der Waals surface area contributed by atoms with Gasteiger partial charge in [-0.25, -0.2) is 0 Å². The van der Waals surface area contributed by atoms with Crippen LogP contribution in [-0.4, -0.2) is 17.0 Å². The van der Waals surface area contributed by atoms with Gasteiger partial charge in [0, 0.05) is 6.54 Å². The summed E-state index contributed by atoms with van der Waals surface area (Å²) < 4.78 is 0. The standard InChI is InChI=1S/C16H18N2O3/c1-10-6-13(14(7-10)16(20)21)15(19)18-9-12-4-2-11(8-17)3-5-12/h2-5,10,13-14H,6-7,9H2,1H3,(H,18,19)(H,20,21). The minimum absolute atomic E-state index is 0.198. The van der Waals surface area contributed by atoms with E-state index in [1.165, 1.54) is 0 Å². The lowest BCUT2D eigenvalue weighted by Crippen LogP contribution is -2.34. The molecule has 1 fully saturated rings. The third-order valence-corrected chi connectivity index (χ3v) is 4.00. The molecule has 1 amide bonds. The van der Waals surface area contributed by atoms with Gasteiger partial charge in [-0.05, 0) is 36.5 Å². The molecule has 1 aromatic carbocycles. The molecule has 3 atom stereocenters. The van der Waals surface area contributed by atoms with Crippen molar-refractivity contribution in [3.8, 4) is 6.07 Å². The van der Waals surface area contributed by atoms with Crippen molar-refractivity contribution in [2.24, 2.45) is 17.8 Å². The lowest BCUT2D eigenvalue weighted by atomic mass is 9.95. The number of hydrogen-bond acceptors (Lipinski definition) is 3. The van der Waals surface area contributed by atoms with Crippen LogP contribution in [0.5, 0.6) is 0 Å². The largest absolute Gasteiger partial charge is 0.481 e. The van der Waals surface area contributed by atoms with Crippen molar-refractivity contribution >= 4 is 11.9 Å². The fourth-order valence-corrected chi connectivity index (χ4v) is 2.87. The van der Waals surface area contributed by atoms with E-state index >= 15 is 0 Å². The van der Waals surface area contributed by atoms with Crippen LogP contribution in [0.2, 0.25) is 0 Å². The number of amides is 1. The van der Waals surface area contributed by atoms with E-state index in [9.17, 15) is 14.7 Å². The maximum Gasteiger partial charge on any atom is 0.307 e. The molecule has 3 unspecified atom stereocenters. The van der Waals surface area contributed by atoms with Gasteiger partial charge in [-0.15, -0.1) is 0 Å². The molecule has 0 saturated heterocycles. The van der Waals surface area contributed by atoms with E-state index in [0.29, 0.717) is 24.9 Å². The first-order valence-corrected chi connectivity index (χ1v) is 7.00. The van der Waals surface area contributed by atoms with Crippen molar-refractivity contribution in [1.82, 2.24) is 5.32 Å². The average molecular weight is 286 g/mol. The summed E-state index contributed by atoms with van der Waals surface area (Å²) in [6, 6.07) is 8.99. The van der Waals surface area contributed by atoms with Gasteiger partial charge in [-0.2, -0.15) is 5.26 Å². The number of carbonyl (C=O) groups excluding carboxylic acids is 1. The molecule has 0 aliphatic heterocycles. The molecule has 1 aliphatic carbocycles. The van der Waals surface area contributed by atoms with E-state index in [-0.39, 0.29) is 11.8 Å². The Balaban J connectivity index is 1.94. The van der Waals surface area contributed by atoms with Crippen LogP contribution >= 0.6 is 0 Å². The first-order valence-electron chi connectivity index (χ1n) is 7.00. The molecule has 0 heterocycles. The predicted octanol–water partition coefficient (Wildman–Crippen LogP) is 1.92. The molecule has 0 spiro atoms. The molecule has 1 saturated carbocycles. The molecule has 5 heteroatoms. The van der Waals surface area contributed by atoms with Gasteiger partial charge >= 0.3 is 5.97 Å². The Morgan fingerprint density at radius 1 is 1.29 bits per heavy atom. The van der Waals surface area contributed by atoms with E-state index in [1.807, 2.05) is 13.0 Å². The number of carbonyl (C=O) groups is 2. The zero-order valence-electron chi connectivity index (χ0n) is 11.9. The monoisotopic (exact) mass is 286 g/mol. The van der Waals surface area contributed by atoms with Crippen LogP contribution in [0.3, 0.4) is 0 Å². The fraction of sp³-hybridized carbons (Fsp3) is 0.438. The second-order valence-electron chi connectivity index (χ2n) is 5.65. The van der Waals surface area contributed by atoms with Crippen molar-refractivity contribution in [2.75, 3.05) is 0 Å². The Bertz CT molecular complexity index is 574. The van der Waals surface area contributed by atoms with Crippen molar-refractivity contribution in [2.45, 2.75) is 26.3 Å². The molecule has 1 aromatic rings. The highest BCUT2D eigenvalue weighted by Crippen LogP contribution is 2.36. The maximum absolute atomic E-state index is 12.2. The molecular formula is C16H18N2O3. The maximum atomic E-state index is 12.2. The third-order valence-electron chi connectivity index (χ3n) is 4.00. The van der Waals surface area contributed by atoms with E-state index in [4.69, 9.17) is 5.26 Å². The topological polar surface area (TPSA) is 90.2 Å². The zero-order chi connectivity index (χ0) is 15.4. The predicted molar refractivity (Wildman–Crippen MR) is 76.0 cm³/mol. The first kappa shape index (κ1) is 15.0. The van der Waals surface area contributed by atoms with Crippen LogP contribution < -0.4 is 5.32 Å². The average Bonchev–Trinajstić information content (AvgIpc) is 2.87. The number of nitriles is 1. The number of carboxylic acid groups (broad SMARTS) is 1. The molecule has 5 nitrogen and oxygen atoms in total. The number of hydrogen-bond donors (Lipinski definition) is 2. The van der Waals surface area contributed by atoms with E-state index < -0.39 is 17.8 Å². The van der Waals surface area contributed by atoms with Crippen LogP contribution in [0.4, 0.5) is 0 Å². The lowest BCUT2D eigenvalue weighted by molar-refractivity contribution is -0.146. The van der Waals surface area contributed by atoms with Gasteiger partial charge in [0.15, 0.2) is 0 Å². The van der Waals surface area contributed by atoms with E-state index in [0.717, 1.165) is 5.56 Å². The molecule has 2 N–H and O–H groups in total. The molecule has 0 bridgehead atoms. The highest BCUT2D eigenvalue weighted by Gasteiger charge is 2.40. The second-order valence-corrected chi connectivity index (χ2v) is 5.65. The number of carboxylic acids is 1. The number of aliphatic carboxylic acids is 1. The van der Waals surface area contributed by atoms with Crippen LogP contribution in [-0.2, 0) is 16.1 Å². The SMILES string of the molecule is CC1CC(C(=O)O)C(C(=O)NCc2ccc(C#N)cc2)C1. The number of nitrogens with zero attached hydrogens (tertiary/aromatic N) is 1.